The topological polar surface area (TPSA) is 84.7 Å². The van der Waals surface area contributed by atoms with Crippen molar-refractivity contribution >= 4 is 28.2 Å². The molecule has 1 aromatic carbocycles. The summed E-state index contributed by atoms with van der Waals surface area (Å²) in [7, 11) is 1.90. The van der Waals surface area contributed by atoms with Crippen molar-refractivity contribution in [2.45, 2.75) is 19.9 Å². The van der Waals surface area contributed by atoms with Gasteiger partial charge in [0.05, 0.1) is 35.4 Å². The molecule has 7 heteroatoms. The second-order valence-electron chi connectivity index (χ2n) is 7.08. The molecule has 2 N–H and O–H groups in total. The highest BCUT2D eigenvalue weighted by Gasteiger charge is 2.12. The molecule has 0 aliphatic carbocycles. The number of nitrogens with zero attached hydrogens (tertiary/aromatic N) is 4. The van der Waals surface area contributed by atoms with Crippen LogP contribution in [0.25, 0.3) is 10.9 Å². The molecular weight excluding hydrogens is 364 g/mol. The fourth-order valence-corrected chi connectivity index (χ4v) is 3.26. The van der Waals surface area contributed by atoms with Gasteiger partial charge >= 0.3 is 0 Å². The van der Waals surface area contributed by atoms with Crippen LogP contribution in [0.15, 0.2) is 61.3 Å². The largest absolute Gasteiger partial charge is 0.377 e. The molecule has 7 nitrogen and oxygen atoms in total. The smallest absolute Gasteiger partial charge is 0.257 e. The Morgan fingerprint density at radius 1 is 1.07 bits per heavy atom. The van der Waals surface area contributed by atoms with Crippen LogP contribution in [0.2, 0.25) is 0 Å². The first-order valence-corrected chi connectivity index (χ1v) is 9.36. The first-order chi connectivity index (χ1) is 14.0. The quantitative estimate of drug-likeness (QED) is 0.539. The molecule has 3 aromatic heterocycles. The summed E-state index contributed by atoms with van der Waals surface area (Å²) in [4.78, 5) is 20.9. The first-order valence-electron chi connectivity index (χ1n) is 9.36. The highest BCUT2D eigenvalue weighted by molar-refractivity contribution is 6.04. The van der Waals surface area contributed by atoms with Crippen LogP contribution in [0.3, 0.4) is 0 Å². The van der Waals surface area contributed by atoms with Gasteiger partial charge in [0, 0.05) is 36.6 Å². The number of aromatic nitrogens is 4. The number of hydrogen-bond donors (Lipinski definition) is 2. The van der Waals surface area contributed by atoms with E-state index in [-0.39, 0.29) is 11.9 Å². The summed E-state index contributed by atoms with van der Waals surface area (Å²) in [6.45, 7) is 3.98. The minimum atomic E-state index is -0.178. The van der Waals surface area contributed by atoms with Crippen LogP contribution in [0.4, 0.5) is 11.4 Å². The van der Waals surface area contributed by atoms with E-state index in [4.69, 9.17) is 0 Å². The number of amides is 1. The van der Waals surface area contributed by atoms with Gasteiger partial charge in [0.25, 0.3) is 5.91 Å². The summed E-state index contributed by atoms with van der Waals surface area (Å²) in [6, 6.07) is 9.63. The van der Waals surface area contributed by atoms with Crippen LogP contribution in [0.1, 0.15) is 34.5 Å². The summed E-state index contributed by atoms with van der Waals surface area (Å²) in [5, 5.41) is 11.8. The molecule has 146 valence electrons. The predicted molar refractivity (Wildman–Crippen MR) is 114 cm³/mol. The lowest BCUT2D eigenvalue weighted by Crippen LogP contribution is -2.13. The van der Waals surface area contributed by atoms with Crippen LogP contribution in [0, 0.1) is 6.92 Å². The SMILES string of the molecule is Cc1cncc(C(=O)Nc2cccc(C(C)Nc3cncc4c3cnn4C)c2)c1. The van der Waals surface area contributed by atoms with Gasteiger partial charge in [0.2, 0.25) is 0 Å². The number of benzene rings is 1. The number of hydrogen-bond acceptors (Lipinski definition) is 5. The van der Waals surface area contributed by atoms with Crippen LogP contribution in [-0.4, -0.2) is 25.7 Å². The molecule has 0 aliphatic rings. The molecular formula is C22H22N6O. The zero-order chi connectivity index (χ0) is 20.4. The lowest BCUT2D eigenvalue weighted by molar-refractivity contribution is 0.102. The van der Waals surface area contributed by atoms with Crippen LogP contribution in [-0.2, 0) is 7.05 Å². The predicted octanol–water partition coefficient (Wildman–Crippen LogP) is 4.10. The van der Waals surface area contributed by atoms with E-state index in [1.807, 2.05) is 50.5 Å². The third kappa shape index (κ3) is 3.94. The van der Waals surface area contributed by atoms with Crippen LogP contribution in [0.5, 0.6) is 0 Å². The molecule has 1 amide bonds. The van der Waals surface area contributed by atoms with Crippen molar-refractivity contribution in [3.8, 4) is 0 Å². The van der Waals surface area contributed by atoms with Gasteiger partial charge < -0.3 is 10.6 Å². The Morgan fingerprint density at radius 2 is 1.90 bits per heavy atom. The second-order valence-corrected chi connectivity index (χ2v) is 7.08. The van der Waals surface area contributed by atoms with E-state index >= 15 is 0 Å². The third-order valence-corrected chi connectivity index (χ3v) is 4.83. The van der Waals surface area contributed by atoms with Crippen molar-refractivity contribution in [2.24, 2.45) is 7.05 Å². The van der Waals surface area contributed by atoms with E-state index in [0.29, 0.717) is 5.56 Å². The summed E-state index contributed by atoms with van der Waals surface area (Å²) >= 11 is 0. The Morgan fingerprint density at radius 3 is 2.72 bits per heavy atom. The molecule has 0 saturated heterocycles. The molecule has 0 bridgehead atoms. The molecule has 0 fully saturated rings. The Kier molecular flexibility index (Phi) is 4.95. The number of carbonyl (C=O) groups excluding carboxylic acids is 1. The molecule has 0 radical (unpaired) electrons. The average molecular weight is 386 g/mol. The fourth-order valence-electron chi connectivity index (χ4n) is 3.26. The summed E-state index contributed by atoms with van der Waals surface area (Å²) in [6.07, 6.45) is 8.73. The number of aryl methyl sites for hydroxylation is 2. The number of pyridine rings is 2. The van der Waals surface area contributed by atoms with E-state index in [2.05, 4.69) is 32.6 Å². The molecule has 0 spiro atoms. The molecule has 3 heterocycles. The number of carbonyl (C=O) groups is 1. The van der Waals surface area contributed by atoms with Crippen molar-refractivity contribution in [3.05, 3.63) is 78.0 Å². The van der Waals surface area contributed by atoms with Crippen LogP contribution >= 0.6 is 0 Å². The van der Waals surface area contributed by atoms with Gasteiger partial charge in [-0.25, -0.2) is 0 Å². The fraction of sp³-hybridized carbons (Fsp3) is 0.182. The van der Waals surface area contributed by atoms with Gasteiger partial charge in [-0.15, -0.1) is 0 Å². The number of anilines is 2. The third-order valence-electron chi connectivity index (χ3n) is 4.83. The van der Waals surface area contributed by atoms with Crippen molar-refractivity contribution in [3.63, 3.8) is 0 Å². The normalized spacial score (nSPS) is 12.0. The average Bonchev–Trinajstić information content (AvgIpc) is 3.10. The Bertz CT molecular complexity index is 1180. The van der Waals surface area contributed by atoms with Gasteiger partial charge in [0.15, 0.2) is 0 Å². The first kappa shape index (κ1) is 18.6. The van der Waals surface area contributed by atoms with Crippen molar-refractivity contribution in [1.82, 2.24) is 19.7 Å². The molecule has 0 aliphatic heterocycles. The lowest BCUT2D eigenvalue weighted by Gasteiger charge is -2.17. The molecule has 29 heavy (non-hydrogen) atoms. The minimum Gasteiger partial charge on any atom is -0.377 e. The molecule has 4 aromatic rings. The second kappa shape index (κ2) is 7.71. The molecule has 1 atom stereocenters. The number of rotatable bonds is 5. The monoisotopic (exact) mass is 386 g/mol. The van der Waals surface area contributed by atoms with Gasteiger partial charge in [-0.2, -0.15) is 5.10 Å². The Hall–Kier alpha value is -3.74. The number of nitrogens with one attached hydrogen (secondary N) is 2. The number of fused-ring (bicyclic) bond motifs is 1. The van der Waals surface area contributed by atoms with Crippen LogP contribution < -0.4 is 10.6 Å². The van der Waals surface area contributed by atoms with Crippen molar-refractivity contribution in [1.29, 1.82) is 0 Å². The standard InChI is InChI=1S/C22H22N6O/c1-14-7-17(10-23-9-14)22(29)27-18-6-4-5-16(8-18)15(2)26-20-12-24-13-21-19(20)11-25-28(21)3/h4-13,15,26H,1-3H3,(H,27,29). The highest BCUT2D eigenvalue weighted by Crippen LogP contribution is 2.27. The zero-order valence-corrected chi connectivity index (χ0v) is 16.5. The van der Waals surface area contributed by atoms with Crippen molar-refractivity contribution in [2.75, 3.05) is 10.6 Å². The Balaban J connectivity index is 1.52. The van der Waals surface area contributed by atoms with Gasteiger partial charge in [-0.05, 0) is 43.2 Å². The van der Waals surface area contributed by atoms with E-state index < -0.39 is 0 Å². The Labute approximate surface area is 168 Å². The summed E-state index contributed by atoms with van der Waals surface area (Å²) in [5.41, 5.74) is 5.16. The summed E-state index contributed by atoms with van der Waals surface area (Å²) in [5.74, 6) is -0.178. The maximum Gasteiger partial charge on any atom is 0.257 e. The highest BCUT2D eigenvalue weighted by atomic mass is 16.1. The van der Waals surface area contributed by atoms with Gasteiger partial charge in [0.1, 0.15) is 0 Å². The van der Waals surface area contributed by atoms with Crippen molar-refractivity contribution < 1.29 is 4.79 Å². The van der Waals surface area contributed by atoms with E-state index in [1.54, 1.807) is 29.5 Å². The minimum absolute atomic E-state index is 0.0140. The van der Waals surface area contributed by atoms with E-state index in [9.17, 15) is 4.79 Å². The van der Waals surface area contributed by atoms with E-state index in [1.165, 1.54) is 0 Å². The zero-order valence-electron chi connectivity index (χ0n) is 16.5. The van der Waals surface area contributed by atoms with Gasteiger partial charge in [-0.1, -0.05) is 12.1 Å². The van der Waals surface area contributed by atoms with E-state index in [0.717, 1.165) is 33.4 Å². The van der Waals surface area contributed by atoms with Gasteiger partial charge in [-0.3, -0.25) is 19.4 Å². The summed E-state index contributed by atoms with van der Waals surface area (Å²) < 4.78 is 1.80. The maximum absolute atomic E-state index is 12.5. The molecule has 1 unspecified atom stereocenters. The lowest BCUT2D eigenvalue weighted by atomic mass is 10.1. The maximum atomic E-state index is 12.5. The molecule has 0 saturated carbocycles. The molecule has 4 rings (SSSR count).